The van der Waals surface area contributed by atoms with Crippen molar-refractivity contribution < 1.29 is 19.1 Å². The summed E-state index contributed by atoms with van der Waals surface area (Å²) in [5.74, 6) is 0.425. The van der Waals surface area contributed by atoms with Crippen LogP contribution in [0.4, 0.5) is 11.5 Å². The second-order valence-corrected chi connectivity index (χ2v) is 12.3. The molecular formula is C35H28N6O4S. The van der Waals surface area contributed by atoms with Gasteiger partial charge in [-0.15, -0.1) is 11.3 Å². The average molecular weight is 629 g/mol. The third-order valence-electron chi connectivity index (χ3n) is 7.98. The minimum atomic E-state index is -0.659. The molecule has 1 atom stereocenters. The highest BCUT2D eigenvalue weighted by Crippen LogP contribution is 2.33. The molecule has 0 radical (unpaired) electrons. The molecule has 7 rings (SSSR count). The van der Waals surface area contributed by atoms with Gasteiger partial charge in [-0.3, -0.25) is 19.7 Å². The number of carbonyl (C=O) groups is 3. The lowest BCUT2D eigenvalue weighted by molar-refractivity contribution is -0.136. The van der Waals surface area contributed by atoms with Crippen molar-refractivity contribution in [3.63, 3.8) is 0 Å². The molecule has 10 nitrogen and oxygen atoms in total. The monoisotopic (exact) mass is 628 g/mol. The highest BCUT2D eigenvalue weighted by Gasteiger charge is 2.39. The Morgan fingerprint density at radius 2 is 1.78 bits per heavy atom. The van der Waals surface area contributed by atoms with Gasteiger partial charge in [0, 0.05) is 55.6 Å². The van der Waals surface area contributed by atoms with Crippen LogP contribution in [0.3, 0.4) is 0 Å². The Kier molecular flexibility index (Phi) is 7.56. The number of anilines is 2. The van der Waals surface area contributed by atoms with Crippen molar-refractivity contribution in [2.75, 3.05) is 24.3 Å². The first-order valence-electron chi connectivity index (χ1n) is 14.7. The van der Waals surface area contributed by atoms with E-state index in [9.17, 15) is 14.4 Å². The lowest BCUT2D eigenvalue weighted by Gasteiger charge is -2.29. The number of rotatable bonds is 6. The second-order valence-electron chi connectivity index (χ2n) is 11.3. The predicted molar refractivity (Wildman–Crippen MR) is 177 cm³/mol. The summed E-state index contributed by atoms with van der Waals surface area (Å²) in [6, 6.07) is 25.6. The number of ether oxygens (including phenoxy) is 1. The van der Waals surface area contributed by atoms with Crippen molar-refractivity contribution >= 4 is 50.8 Å². The number of hydrogen-bond acceptors (Lipinski definition) is 9. The standard InChI is InChI=1S/C35H28N6O4S/c1-40(2)31-13-7-23(19-37-31)21-3-5-22(6-4-21)34-38-28-11-8-25(18-30(28)46-34)36-15-16-45-26-9-10-27-24(17-26)20-41(35(27)44)29-12-14-32(42)39-33(29)43/h3-11,13,17-19,29,36H,12,14,20H2,1-2H3,(H,39,42,43). The van der Waals surface area contributed by atoms with E-state index in [2.05, 4.69) is 58.1 Å². The molecule has 2 aliphatic rings. The van der Waals surface area contributed by atoms with Crippen molar-refractivity contribution in [2.45, 2.75) is 25.4 Å². The highest BCUT2D eigenvalue weighted by atomic mass is 32.1. The number of carbonyl (C=O) groups excluding carboxylic acids is 3. The van der Waals surface area contributed by atoms with Crippen LogP contribution in [0, 0.1) is 12.2 Å². The molecule has 2 aromatic heterocycles. The molecule has 2 N–H and O–H groups in total. The first kappa shape index (κ1) is 29.0. The molecule has 2 aliphatic heterocycles. The van der Waals surface area contributed by atoms with Crippen LogP contribution < -0.4 is 20.3 Å². The van der Waals surface area contributed by atoms with E-state index in [0.29, 0.717) is 17.7 Å². The average Bonchev–Trinajstić information content (AvgIpc) is 3.63. The van der Waals surface area contributed by atoms with E-state index in [1.165, 1.54) is 4.90 Å². The van der Waals surface area contributed by atoms with Gasteiger partial charge < -0.3 is 19.9 Å². The van der Waals surface area contributed by atoms with Gasteiger partial charge in [-0.05, 0) is 66.1 Å². The number of imide groups is 1. The van der Waals surface area contributed by atoms with Crippen LogP contribution in [-0.4, -0.2) is 52.7 Å². The molecule has 228 valence electrons. The van der Waals surface area contributed by atoms with Gasteiger partial charge >= 0.3 is 0 Å². The topological polar surface area (TPSA) is 117 Å². The largest absolute Gasteiger partial charge is 0.406 e. The number of fused-ring (bicyclic) bond motifs is 2. The van der Waals surface area contributed by atoms with Crippen molar-refractivity contribution in [2.24, 2.45) is 0 Å². The zero-order valence-corrected chi connectivity index (χ0v) is 25.9. The number of nitrogens with zero attached hydrogens (tertiary/aromatic N) is 4. The Bertz CT molecular complexity index is 2060. The smallest absolute Gasteiger partial charge is 0.255 e. The molecule has 1 fully saturated rings. The maximum atomic E-state index is 12.9. The third-order valence-corrected chi connectivity index (χ3v) is 9.05. The van der Waals surface area contributed by atoms with Crippen LogP contribution in [0.15, 0.2) is 79.0 Å². The Hall–Kier alpha value is -5.73. The fourth-order valence-corrected chi connectivity index (χ4v) is 6.56. The van der Waals surface area contributed by atoms with Gasteiger partial charge in [-0.2, -0.15) is 0 Å². The van der Waals surface area contributed by atoms with E-state index in [0.717, 1.165) is 49.0 Å². The fourth-order valence-electron chi connectivity index (χ4n) is 5.55. The van der Waals surface area contributed by atoms with E-state index in [1.54, 1.807) is 29.5 Å². The van der Waals surface area contributed by atoms with Crippen molar-refractivity contribution in [1.82, 2.24) is 20.2 Å². The van der Waals surface area contributed by atoms with Gasteiger partial charge in [0.1, 0.15) is 28.7 Å². The van der Waals surface area contributed by atoms with E-state index in [-0.39, 0.29) is 24.8 Å². The minimum Gasteiger partial charge on any atom is -0.406 e. The Balaban J connectivity index is 0.983. The maximum Gasteiger partial charge on any atom is 0.255 e. The quantitative estimate of drug-likeness (QED) is 0.149. The van der Waals surface area contributed by atoms with Gasteiger partial charge in [-0.1, -0.05) is 24.3 Å². The number of piperidine rings is 1. The van der Waals surface area contributed by atoms with Crippen LogP contribution in [0.1, 0.15) is 28.8 Å². The first-order valence-corrected chi connectivity index (χ1v) is 15.5. The first-order chi connectivity index (χ1) is 22.3. The van der Waals surface area contributed by atoms with Crippen molar-refractivity contribution in [3.05, 3.63) is 90.1 Å². The zero-order chi connectivity index (χ0) is 31.8. The van der Waals surface area contributed by atoms with Gasteiger partial charge in [0.05, 0.1) is 16.3 Å². The van der Waals surface area contributed by atoms with E-state index >= 15 is 0 Å². The third kappa shape index (κ3) is 5.74. The summed E-state index contributed by atoms with van der Waals surface area (Å²) in [7, 11) is 3.95. The molecule has 0 saturated carbocycles. The molecule has 1 saturated heterocycles. The molecule has 0 spiro atoms. The molecule has 1 unspecified atom stereocenters. The van der Waals surface area contributed by atoms with Crippen LogP contribution in [0.5, 0.6) is 5.75 Å². The summed E-state index contributed by atoms with van der Waals surface area (Å²) < 4.78 is 6.65. The molecule has 5 aromatic rings. The van der Waals surface area contributed by atoms with E-state index in [1.807, 2.05) is 49.5 Å². The normalized spacial score (nSPS) is 15.7. The number of benzene rings is 3. The van der Waals surface area contributed by atoms with Gasteiger partial charge in [0.15, 0.2) is 0 Å². The van der Waals surface area contributed by atoms with Crippen LogP contribution in [0.2, 0.25) is 0 Å². The Morgan fingerprint density at radius 1 is 0.978 bits per heavy atom. The summed E-state index contributed by atoms with van der Waals surface area (Å²) in [5.41, 5.74) is 6.18. The summed E-state index contributed by atoms with van der Waals surface area (Å²) in [4.78, 5) is 49.5. The van der Waals surface area contributed by atoms with Crippen molar-refractivity contribution in [3.8, 4) is 39.6 Å². The number of thiazole rings is 1. The molecule has 46 heavy (non-hydrogen) atoms. The maximum absolute atomic E-state index is 12.9. The number of nitrogens with one attached hydrogen (secondary N) is 2. The Labute approximate surface area is 269 Å². The number of pyridine rings is 1. The Morgan fingerprint density at radius 3 is 2.54 bits per heavy atom. The predicted octanol–water partition coefficient (Wildman–Crippen LogP) is 5.26. The van der Waals surface area contributed by atoms with E-state index < -0.39 is 11.9 Å². The van der Waals surface area contributed by atoms with Gasteiger partial charge in [0.2, 0.25) is 11.8 Å². The summed E-state index contributed by atoms with van der Waals surface area (Å²) in [5, 5.41) is 6.31. The van der Waals surface area contributed by atoms with Crippen LogP contribution in [0.25, 0.3) is 31.9 Å². The number of aromatic nitrogens is 2. The zero-order valence-electron chi connectivity index (χ0n) is 25.0. The molecule has 0 aliphatic carbocycles. The molecule has 3 amide bonds. The van der Waals surface area contributed by atoms with Gasteiger partial charge in [-0.25, -0.2) is 9.97 Å². The molecule has 0 bridgehead atoms. The molecule has 3 aromatic carbocycles. The molecule has 11 heteroatoms. The number of amides is 3. The SMILES string of the molecule is CN(C)c1ccc(-c2ccc(-c3nc4ccc(NC#COc5ccc6c(c5)CN(C5CCC(=O)NC5=O)C6=O)cc4s3)cc2)cn1. The van der Waals surface area contributed by atoms with E-state index in [4.69, 9.17) is 9.72 Å². The van der Waals surface area contributed by atoms with Crippen molar-refractivity contribution in [1.29, 1.82) is 0 Å². The number of hydrogen-bond donors (Lipinski definition) is 2. The molecule has 4 heterocycles. The summed E-state index contributed by atoms with van der Waals surface area (Å²) >= 11 is 1.61. The molecular weight excluding hydrogens is 600 g/mol. The lowest BCUT2D eigenvalue weighted by Crippen LogP contribution is -2.52. The van der Waals surface area contributed by atoms with Crippen LogP contribution >= 0.6 is 11.3 Å². The summed E-state index contributed by atoms with van der Waals surface area (Å²) in [6.45, 7) is 0.270. The second kappa shape index (κ2) is 12.0. The highest BCUT2D eigenvalue weighted by molar-refractivity contribution is 7.21. The lowest BCUT2D eigenvalue weighted by atomic mass is 10.0. The van der Waals surface area contributed by atoms with Crippen LogP contribution in [-0.2, 0) is 16.1 Å². The summed E-state index contributed by atoms with van der Waals surface area (Å²) in [6.07, 6.45) is 5.08. The minimum absolute atomic E-state index is 0.213. The van der Waals surface area contributed by atoms with Gasteiger partial charge in [0.25, 0.3) is 5.91 Å². The fraction of sp³-hybridized carbons (Fsp3) is 0.171.